The Labute approximate surface area is 199 Å². The molecule has 3 aromatic carbocycles. The summed E-state index contributed by atoms with van der Waals surface area (Å²) in [5.41, 5.74) is 3.98. The molecule has 9 heteroatoms. The van der Waals surface area contributed by atoms with Crippen LogP contribution in [-0.2, 0) is 9.59 Å². The van der Waals surface area contributed by atoms with Crippen molar-refractivity contribution < 1.29 is 23.6 Å². The van der Waals surface area contributed by atoms with Crippen molar-refractivity contribution in [2.45, 2.75) is 19.4 Å². The summed E-state index contributed by atoms with van der Waals surface area (Å²) in [5.74, 6) is -3.18. The number of halogens is 2. The molecule has 1 fully saturated rings. The van der Waals surface area contributed by atoms with E-state index in [4.69, 9.17) is 11.6 Å². The van der Waals surface area contributed by atoms with E-state index in [9.17, 15) is 23.6 Å². The van der Waals surface area contributed by atoms with Gasteiger partial charge in [-0.05, 0) is 61.5 Å². The number of imide groups is 1. The van der Waals surface area contributed by atoms with Gasteiger partial charge < -0.3 is 0 Å². The number of nitrogens with zero attached hydrogens (tertiary/aromatic N) is 2. The van der Waals surface area contributed by atoms with Crippen molar-refractivity contribution >= 4 is 40.9 Å². The van der Waals surface area contributed by atoms with Gasteiger partial charge >= 0.3 is 0 Å². The van der Waals surface area contributed by atoms with Gasteiger partial charge in [0.15, 0.2) is 0 Å². The van der Waals surface area contributed by atoms with Crippen molar-refractivity contribution in [3.63, 3.8) is 0 Å². The molecule has 0 aliphatic carbocycles. The predicted octanol–water partition coefficient (Wildman–Crippen LogP) is 3.91. The van der Waals surface area contributed by atoms with Crippen molar-refractivity contribution in [2.24, 2.45) is 0 Å². The number of benzene rings is 3. The minimum atomic E-state index is -1.31. The summed E-state index contributed by atoms with van der Waals surface area (Å²) in [6.45, 7) is 1.86. The van der Waals surface area contributed by atoms with Gasteiger partial charge in [0.05, 0.1) is 12.1 Å². The first-order valence-electron chi connectivity index (χ1n) is 10.3. The quantitative estimate of drug-likeness (QED) is 0.454. The second-order valence-corrected chi connectivity index (χ2v) is 8.19. The van der Waals surface area contributed by atoms with E-state index in [2.05, 4.69) is 5.43 Å². The monoisotopic (exact) mass is 479 g/mol. The molecule has 4 rings (SSSR count). The molecule has 0 saturated carbocycles. The number of rotatable bonds is 4. The first kappa shape index (κ1) is 23.1. The second-order valence-electron chi connectivity index (χ2n) is 7.76. The number of hydrogen-bond donors (Lipinski definition) is 1. The van der Waals surface area contributed by atoms with E-state index in [1.165, 1.54) is 24.3 Å². The number of hydrazine groups is 1. The second kappa shape index (κ2) is 9.44. The maximum Gasteiger partial charge on any atom is 0.273 e. The van der Waals surface area contributed by atoms with Crippen LogP contribution in [0.2, 0.25) is 5.02 Å². The zero-order chi connectivity index (χ0) is 24.4. The Balaban J connectivity index is 1.68. The summed E-state index contributed by atoms with van der Waals surface area (Å²) in [4.78, 5) is 53.1. The number of carbonyl (C=O) groups is 4. The van der Waals surface area contributed by atoms with Crippen molar-refractivity contribution in [3.8, 4) is 0 Å². The van der Waals surface area contributed by atoms with Crippen LogP contribution in [0.15, 0.2) is 72.8 Å². The molecule has 1 atom stereocenters. The highest BCUT2D eigenvalue weighted by Gasteiger charge is 2.45. The summed E-state index contributed by atoms with van der Waals surface area (Å²) in [7, 11) is 0. The maximum atomic E-state index is 13.4. The standard InChI is InChI=1S/C25H19ClFN3O4/c1-15-5-7-16(8-6-15)23(32)28-30(24(33)17-3-2-4-18(26)13-17)21-14-22(31)29(25(21)34)20-11-9-19(27)10-12-20/h2-13,21H,14H2,1H3,(H,28,32). The Morgan fingerprint density at radius 3 is 2.32 bits per heavy atom. The summed E-state index contributed by atoms with van der Waals surface area (Å²) >= 11 is 6.02. The minimum Gasteiger partial charge on any atom is -0.274 e. The molecule has 0 radical (unpaired) electrons. The lowest BCUT2D eigenvalue weighted by molar-refractivity contribution is -0.122. The van der Waals surface area contributed by atoms with Crippen LogP contribution >= 0.6 is 11.6 Å². The Morgan fingerprint density at radius 1 is 1.00 bits per heavy atom. The first-order valence-corrected chi connectivity index (χ1v) is 10.7. The third-order valence-corrected chi connectivity index (χ3v) is 5.58. The molecule has 0 aromatic heterocycles. The zero-order valence-corrected chi connectivity index (χ0v) is 18.8. The summed E-state index contributed by atoms with van der Waals surface area (Å²) in [6, 6.07) is 16.2. The Kier molecular flexibility index (Phi) is 6.43. The first-order chi connectivity index (χ1) is 16.2. The van der Waals surface area contributed by atoms with Gasteiger partial charge in [-0.2, -0.15) is 0 Å². The minimum absolute atomic E-state index is 0.122. The molecule has 4 amide bonds. The molecule has 1 aliphatic rings. The van der Waals surface area contributed by atoms with Crippen LogP contribution in [0.4, 0.5) is 10.1 Å². The summed E-state index contributed by atoms with van der Waals surface area (Å²) in [5, 5.41) is 1.15. The van der Waals surface area contributed by atoms with Crippen LogP contribution < -0.4 is 10.3 Å². The average molecular weight is 480 g/mol. The third kappa shape index (κ3) is 4.67. The molecule has 0 spiro atoms. The zero-order valence-electron chi connectivity index (χ0n) is 18.0. The van der Waals surface area contributed by atoms with Gasteiger partial charge in [-0.3, -0.25) is 24.6 Å². The topological polar surface area (TPSA) is 86.8 Å². The van der Waals surface area contributed by atoms with Crippen LogP contribution in [0.5, 0.6) is 0 Å². The lowest BCUT2D eigenvalue weighted by atomic mass is 10.1. The Bertz CT molecular complexity index is 1280. The number of aryl methyl sites for hydroxylation is 1. The van der Waals surface area contributed by atoms with Crippen LogP contribution in [0.25, 0.3) is 0 Å². The molecule has 7 nitrogen and oxygen atoms in total. The smallest absolute Gasteiger partial charge is 0.273 e. The number of anilines is 1. The average Bonchev–Trinajstić information content (AvgIpc) is 3.11. The van der Waals surface area contributed by atoms with Gasteiger partial charge in [0.25, 0.3) is 17.7 Å². The largest absolute Gasteiger partial charge is 0.274 e. The van der Waals surface area contributed by atoms with E-state index in [0.717, 1.165) is 27.6 Å². The van der Waals surface area contributed by atoms with E-state index in [0.29, 0.717) is 0 Å². The molecule has 1 saturated heterocycles. The number of hydrogen-bond acceptors (Lipinski definition) is 4. The van der Waals surface area contributed by atoms with Gasteiger partial charge in [-0.1, -0.05) is 35.4 Å². The van der Waals surface area contributed by atoms with Crippen LogP contribution in [0.1, 0.15) is 32.7 Å². The van der Waals surface area contributed by atoms with Gasteiger partial charge in [-0.25, -0.2) is 14.3 Å². The molecular formula is C25H19ClFN3O4. The molecule has 172 valence electrons. The van der Waals surface area contributed by atoms with E-state index >= 15 is 0 Å². The van der Waals surface area contributed by atoms with Crippen LogP contribution in [0, 0.1) is 12.7 Å². The normalized spacial score (nSPS) is 15.4. The number of carbonyl (C=O) groups excluding carboxylic acids is 4. The van der Waals surface area contributed by atoms with E-state index in [1.807, 2.05) is 6.92 Å². The fourth-order valence-electron chi connectivity index (χ4n) is 3.59. The highest BCUT2D eigenvalue weighted by Crippen LogP contribution is 2.26. The van der Waals surface area contributed by atoms with E-state index in [1.54, 1.807) is 36.4 Å². The van der Waals surface area contributed by atoms with Crippen molar-refractivity contribution in [2.75, 3.05) is 4.90 Å². The summed E-state index contributed by atoms with van der Waals surface area (Å²) in [6.07, 6.45) is -0.364. The van der Waals surface area contributed by atoms with Crippen LogP contribution in [-0.4, -0.2) is 34.7 Å². The molecule has 1 heterocycles. The van der Waals surface area contributed by atoms with Gasteiger partial charge in [0, 0.05) is 16.1 Å². The third-order valence-electron chi connectivity index (χ3n) is 5.35. The molecule has 1 aliphatic heterocycles. The molecule has 1 unspecified atom stereocenters. The Hall–Kier alpha value is -4.04. The van der Waals surface area contributed by atoms with Crippen LogP contribution in [0.3, 0.4) is 0 Å². The van der Waals surface area contributed by atoms with E-state index < -0.39 is 35.5 Å². The number of nitrogens with one attached hydrogen (secondary N) is 1. The lowest BCUT2D eigenvalue weighted by Crippen LogP contribution is -2.54. The van der Waals surface area contributed by atoms with Crippen molar-refractivity contribution in [1.29, 1.82) is 0 Å². The van der Waals surface area contributed by atoms with Gasteiger partial charge in [-0.15, -0.1) is 0 Å². The maximum absolute atomic E-state index is 13.4. The predicted molar refractivity (Wildman–Crippen MR) is 124 cm³/mol. The van der Waals surface area contributed by atoms with Gasteiger partial charge in [0.1, 0.15) is 11.9 Å². The molecule has 34 heavy (non-hydrogen) atoms. The molecule has 0 bridgehead atoms. The fourth-order valence-corrected chi connectivity index (χ4v) is 3.78. The van der Waals surface area contributed by atoms with E-state index in [-0.39, 0.29) is 28.3 Å². The van der Waals surface area contributed by atoms with Crippen molar-refractivity contribution in [1.82, 2.24) is 10.4 Å². The number of amides is 4. The molecule has 1 N–H and O–H groups in total. The highest BCUT2D eigenvalue weighted by atomic mass is 35.5. The lowest BCUT2D eigenvalue weighted by Gasteiger charge is -2.28. The SMILES string of the molecule is Cc1ccc(C(=O)NN(C(=O)c2cccc(Cl)c2)C2CC(=O)N(c3ccc(F)cc3)C2=O)cc1. The van der Waals surface area contributed by atoms with Crippen molar-refractivity contribution in [3.05, 3.63) is 100 Å². The highest BCUT2D eigenvalue weighted by molar-refractivity contribution is 6.31. The summed E-state index contributed by atoms with van der Waals surface area (Å²) < 4.78 is 13.3. The molecule has 3 aromatic rings. The van der Waals surface area contributed by atoms with Gasteiger partial charge in [0.2, 0.25) is 5.91 Å². The molecular weight excluding hydrogens is 461 g/mol. The fraction of sp³-hybridized carbons (Fsp3) is 0.120. The Morgan fingerprint density at radius 2 is 1.68 bits per heavy atom.